The molecule has 7 heteroatoms. The van der Waals surface area contributed by atoms with E-state index >= 15 is 0 Å². The average molecular weight is 373 g/mol. The second-order valence-electron chi connectivity index (χ2n) is 7.66. The minimum Gasteiger partial charge on any atom is -0.389 e. The zero-order valence-electron chi connectivity index (χ0n) is 15.4. The van der Waals surface area contributed by atoms with Crippen LogP contribution in [-0.2, 0) is 20.7 Å². The van der Waals surface area contributed by atoms with E-state index in [0.29, 0.717) is 19.4 Å². The third-order valence-corrected chi connectivity index (χ3v) is 5.74. The molecule has 3 aliphatic heterocycles. The van der Waals surface area contributed by atoms with Crippen molar-refractivity contribution in [3.05, 3.63) is 29.3 Å². The molecular formula is C20H27N3O4. The van der Waals surface area contributed by atoms with Gasteiger partial charge in [0, 0.05) is 37.2 Å². The number of rotatable bonds is 5. The maximum absolute atomic E-state index is 12.1. The number of ether oxygens (including phenoxy) is 1. The van der Waals surface area contributed by atoms with Crippen LogP contribution in [0.25, 0.3) is 0 Å². The van der Waals surface area contributed by atoms with Gasteiger partial charge in [-0.15, -0.1) is 0 Å². The van der Waals surface area contributed by atoms with Gasteiger partial charge in [-0.05, 0) is 30.9 Å². The molecule has 27 heavy (non-hydrogen) atoms. The lowest BCUT2D eigenvalue weighted by Gasteiger charge is -2.40. The molecule has 3 aliphatic rings. The quantitative estimate of drug-likeness (QED) is 0.716. The highest BCUT2D eigenvalue weighted by Crippen LogP contribution is 2.39. The minimum atomic E-state index is -0.471. The smallest absolute Gasteiger partial charge is 0.241 e. The lowest BCUT2D eigenvalue weighted by Crippen LogP contribution is -2.45. The summed E-state index contributed by atoms with van der Waals surface area (Å²) in [5, 5.41) is 16.1. The highest BCUT2D eigenvalue weighted by Gasteiger charge is 2.36. The van der Waals surface area contributed by atoms with Gasteiger partial charge in [0.15, 0.2) is 0 Å². The number of fused-ring (bicyclic) bond motifs is 4. The molecule has 0 saturated carbocycles. The van der Waals surface area contributed by atoms with Gasteiger partial charge in [-0.2, -0.15) is 0 Å². The first-order chi connectivity index (χ1) is 13.1. The number of amides is 2. The van der Waals surface area contributed by atoms with Crippen molar-refractivity contribution in [3.8, 4) is 0 Å². The van der Waals surface area contributed by atoms with E-state index in [1.165, 1.54) is 0 Å². The standard InChI is InChI=1S/C20H27N3O4/c24-17-12-27-18-10-16(17)22-15-5-3-13(9-14(15)18)4-6-19(25)21-11-20(26)23-7-1-2-8-23/h3,5,9,16-18,22,24H,1-2,4,6-8,10-12H2,(H,21,25)/t16?,17-,18?/m1/s1. The van der Waals surface area contributed by atoms with E-state index in [1.54, 1.807) is 0 Å². The molecule has 3 heterocycles. The number of hydrogen-bond donors (Lipinski definition) is 3. The normalized spacial score (nSPS) is 26.3. The Bertz CT molecular complexity index is 717. The summed E-state index contributed by atoms with van der Waals surface area (Å²) in [5.41, 5.74) is 3.17. The number of hydrogen-bond acceptors (Lipinski definition) is 5. The molecule has 1 aromatic rings. The van der Waals surface area contributed by atoms with Crippen molar-refractivity contribution in [1.82, 2.24) is 10.2 Å². The van der Waals surface area contributed by atoms with E-state index in [4.69, 9.17) is 4.74 Å². The summed E-state index contributed by atoms with van der Waals surface area (Å²) < 4.78 is 5.77. The topological polar surface area (TPSA) is 90.9 Å². The largest absolute Gasteiger partial charge is 0.389 e. The first-order valence-corrected chi connectivity index (χ1v) is 9.83. The van der Waals surface area contributed by atoms with Crippen molar-refractivity contribution in [2.45, 2.75) is 50.4 Å². The lowest BCUT2D eigenvalue weighted by molar-refractivity contribution is -0.132. The molecule has 0 aromatic heterocycles. The zero-order chi connectivity index (χ0) is 18.8. The number of anilines is 1. The van der Waals surface area contributed by atoms with Gasteiger partial charge >= 0.3 is 0 Å². The summed E-state index contributed by atoms with van der Waals surface area (Å²) in [6.07, 6.45) is 3.37. The van der Waals surface area contributed by atoms with E-state index in [9.17, 15) is 14.7 Å². The molecule has 2 fully saturated rings. The molecule has 2 amide bonds. The number of carbonyl (C=O) groups is 2. The van der Waals surface area contributed by atoms with Crippen molar-refractivity contribution in [1.29, 1.82) is 0 Å². The minimum absolute atomic E-state index is 0.00140. The van der Waals surface area contributed by atoms with Gasteiger partial charge in [0.05, 0.1) is 31.4 Å². The van der Waals surface area contributed by atoms with Crippen molar-refractivity contribution in [3.63, 3.8) is 0 Å². The lowest BCUT2D eigenvalue weighted by atomic mass is 9.88. The summed E-state index contributed by atoms with van der Waals surface area (Å²) in [4.78, 5) is 25.9. The van der Waals surface area contributed by atoms with Crippen LogP contribution in [0, 0.1) is 0 Å². The van der Waals surface area contributed by atoms with Gasteiger partial charge in [-0.25, -0.2) is 0 Å². The highest BCUT2D eigenvalue weighted by atomic mass is 16.5. The second-order valence-corrected chi connectivity index (χ2v) is 7.66. The Morgan fingerprint density at radius 3 is 2.93 bits per heavy atom. The molecule has 0 radical (unpaired) electrons. The van der Waals surface area contributed by atoms with Crippen LogP contribution in [0.3, 0.4) is 0 Å². The molecule has 0 spiro atoms. The van der Waals surface area contributed by atoms with E-state index < -0.39 is 6.10 Å². The van der Waals surface area contributed by atoms with Crippen molar-refractivity contribution >= 4 is 17.5 Å². The number of aliphatic hydroxyl groups excluding tert-OH is 1. The second kappa shape index (κ2) is 7.86. The number of nitrogens with zero attached hydrogens (tertiary/aromatic N) is 1. The number of nitrogens with one attached hydrogen (secondary N) is 2. The Labute approximate surface area is 159 Å². The molecule has 146 valence electrons. The monoisotopic (exact) mass is 373 g/mol. The molecule has 7 nitrogen and oxygen atoms in total. The number of likely N-dealkylation sites (tertiary alicyclic amines) is 1. The Hall–Kier alpha value is -2.12. The average Bonchev–Trinajstić information content (AvgIpc) is 3.22. The number of carbonyl (C=O) groups excluding carboxylic acids is 2. The summed E-state index contributed by atoms with van der Waals surface area (Å²) >= 11 is 0. The fraction of sp³-hybridized carbons (Fsp3) is 0.600. The van der Waals surface area contributed by atoms with Crippen LogP contribution in [0.15, 0.2) is 18.2 Å². The molecular weight excluding hydrogens is 346 g/mol. The fourth-order valence-electron chi connectivity index (χ4n) is 4.12. The molecule has 2 unspecified atom stereocenters. The number of aliphatic hydroxyl groups is 1. The first-order valence-electron chi connectivity index (χ1n) is 9.83. The fourth-order valence-corrected chi connectivity index (χ4v) is 4.12. The SMILES string of the molecule is O=C(CCc1ccc2c(c1)C1CC(N2)[C@H](O)CO1)NCC(=O)N1CCCC1. The Kier molecular flexibility index (Phi) is 5.31. The van der Waals surface area contributed by atoms with Crippen LogP contribution in [0.2, 0.25) is 0 Å². The van der Waals surface area contributed by atoms with Crippen LogP contribution in [0.5, 0.6) is 0 Å². The molecule has 3 N–H and O–H groups in total. The third-order valence-electron chi connectivity index (χ3n) is 5.74. The third kappa shape index (κ3) is 4.09. The van der Waals surface area contributed by atoms with Crippen molar-refractivity contribution < 1.29 is 19.4 Å². The molecule has 0 aliphatic carbocycles. The van der Waals surface area contributed by atoms with E-state index in [0.717, 1.165) is 49.2 Å². The van der Waals surface area contributed by atoms with Gasteiger partial charge in [0.2, 0.25) is 11.8 Å². The van der Waals surface area contributed by atoms with Gasteiger partial charge in [-0.1, -0.05) is 12.1 Å². The van der Waals surface area contributed by atoms with E-state index in [-0.39, 0.29) is 30.5 Å². The zero-order valence-corrected chi connectivity index (χ0v) is 15.4. The van der Waals surface area contributed by atoms with E-state index in [1.807, 2.05) is 17.0 Å². The molecule has 2 saturated heterocycles. The van der Waals surface area contributed by atoms with Crippen LogP contribution < -0.4 is 10.6 Å². The van der Waals surface area contributed by atoms with Gasteiger partial charge < -0.3 is 25.4 Å². The van der Waals surface area contributed by atoms with Crippen LogP contribution in [-0.4, -0.2) is 60.2 Å². The summed E-state index contributed by atoms with van der Waals surface area (Å²) in [6.45, 7) is 2.05. The predicted molar refractivity (Wildman–Crippen MR) is 100 cm³/mol. The molecule has 4 rings (SSSR count). The van der Waals surface area contributed by atoms with E-state index in [2.05, 4.69) is 16.7 Å². The van der Waals surface area contributed by atoms with Gasteiger partial charge in [0.1, 0.15) is 0 Å². The van der Waals surface area contributed by atoms with Crippen LogP contribution in [0.4, 0.5) is 5.69 Å². The van der Waals surface area contributed by atoms with Crippen molar-refractivity contribution in [2.75, 3.05) is 31.6 Å². The molecule has 1 aromatic carbocycles. The first kappa shape index (κ1) is 18.3. The summed E-state index contributed by atoms with van der Waals surface area (Å²) in [7, 11) is 0. The number of aryl methyl sites for hydroxylation is 1. The molecule has 2 bridgehead atoms. The van der Waals surface area contributed by atoms with Gasteiger partial charge in [0.25, 0.3) is 0 Å². The van der Waals surface area contributed by atoms with Crippen molar-refractivity contribution in [2.24, 2.45) is 0 Å². The Morgan fingerprint density at radius 2 is 2.11 bits per heavy atom. The maximum atomic E-state index is 12.1. The summed E-state index contributed by atoms with van der Waals surface area (Å²) in [5.74, 6) is -0.0950. The number of benzene rings is 1. The maximum Gasteiger partial charge on any atom is 0.241 e. The predicted octanol–water partition coefficient (Wildman–Crippen LogP) is 0.974. The van der Waals surface area contributed by atoms with Crippen LogP contribution >= 0.6 is 0 Å². The Balaban J connectivity index is 1.29. The highest BCUT2D eigenvalue weighted by molar-refractivity contribution is 5.84. The molecule has 3 atom stereocenters. The van der Waals surface area contributed by atoms with Gasteiger partial charge in [-0.3, -0.25) is 9.59 Å². The van der Waals surface area contributed by atoms with Crippen LogP contribution in [0.1, 0.15) is 42.9 Å². The summed E-state index contributed by atoms with van der Waals surface area (Å²) in [6, 6.07) is 6.13. The Morgan fingerprint density at radius 1 is 1.30 bits per heavy atom.